The number of anilines is 1. The van der Waals surface area contributed by atoms with Gasteiger partial charge in [0.2, 0.25) is 0 Å². The lowest BCUT2D eigenvalue weighted by Gasteiger charge is -2.12. The summed E-state index contributed by atoms with van der Waals surface area (Å²) < 4.78 is 64.5. The number of pyridine rings is 1. The number of nitrogens with one attached hydrogen (secondary N) is 1. The monoisotopic (exact) mass is 538 g/mol. The molecule has 0 aliphatic rings. The van der Waals surface area contributed by atoms with Gasteiger partial charge in [0.05, 0.1) is 18.6 Å². The number of sulfone groups is 2. The van der Waals surface area contributed by atoms with E-state index in [1.165, 1.54) is 48.3 Å². The van der Waals surface area contributed by atoms with Crippen LogP contribution in [0.3, 0.4) is 0 Å². The molecule has 0 aliphatic heterocycles. The maximum Gasteiger partial charge on any atom is 0.257 e. The van der Waals surface area contributed by atoms with Crippen LogP contribution in [0.25, 0.3) is 0 Å². The Balaban J connectivity index is 1.79. The largest absolute Gasteiger partial charge is 0.493 e. The second-order valence-electron chi connectivity index (χ2n) is 7.78. The molecule has 3 rings (SSSR count). The van der Waals surface area contributed by atoms with Gasteiger partial charge in [0.25, 0.3) is 5.91 Å². The molecule has 194 valence electrons. The molecule has 1 aromatic carbocycles. The van der Waals surface area contributed by atoms with E-state index in [0.717, 1.165) is 6.26 Å². The number of benzene rings is 1. The van der Waals surface area contributed by atoms with Gasteiger partial charge in [-0.05, 0) is 30.7 Å². The van der Waals surface area contributed by atoms with Crippen LogP contribution in [0.4, 0.5) is 5.82 Å². The topological polar surface area (TPSA) is 156 Å². The molecule has 2 heterocycles. The number of aromatic nitrogens is 3. The third-order valence-electron chi connectivity index (χ3n) is 4.59. The molecule has 0 radical (unpaired) electrons. The van der Waals surface area contributed by atoms with Crippen LogP contribution >= 0.6 is 0 Å². The van der Waals surface area contributed by atoms with E-state index in [1.807, 2.05) is 0 Å². The number of hydrogen-bond acceptors (Lipinski definition) is 10. The molecule has 0 aliphatic carbocycles. The van der Waals surface area contributed by atoms with E-state index in [2.05, 4.69) is 20.1 Å². The van der Waals surface area contributed by atoms with Crippen molar-refractivity contribution < 1.29 is 35.8 Å². The third-order valence-corrected chi connectivity index (χ3v) is 7.09. The molecule has 14 heteroatoms. The van der Waals surface area contributed by atoms with Gasteiger partial charge in [-0.2, -0.15) is 5.10 Å². The van der Waals surface area contributed by atoms with Crippen LogP contribution in [0.1, 0.15) is 16.8 Å². The smallest absolute Gasteiger partial charge is 0.257 e. The molecule has 0 saturated heterocycles. The normalized spacial score (nSPS) is 11.8. The SMILES string of the molecule is COCS(=O)(=O)CCCOc1cc(Oc2ccc(S(C)(=O)=O)nc2)cc(C(=O)Nc2ccn(C)n2)c1. The predicted molar refractivity (Wildman–Crippen MR) is 131 cm³/mol. The summed E-state index contributed by atoms with van der Waals surface area (Å²) in [6.07, 6.45) is 4.18. The minimum atomic E-state index is -3.47. The minimum absolute atomic E-state index is 0.0678. The molecule has 0 fully saturated rings. The van der Waals surface area contributed by atoms with Crippen molar-refractivity contribution in [2.24, 2.45) is 7.05 Å². The summed E-state index contributed by atoms with van der Waals surface area (Å²) in [5, 5.41) is 6.68. The van der Waals surface area contributed by atoms with E-state index in [4.69, 9.17) is 9.47 Å². The van der Waals surface area contributed by atoms with Gasteiger partial charge in [-0.25, -0.2) is 21.8 Å². The van der Waals surface area contributed by atoms with Crippen molar-refractivity contribution in [1.29, 1.82) is 0 Å². The molecular weight excluding hydrogens is 512 g/mol. The Kier molecular flexibility index (Phi) is 8.66. The molecule has 12 nitrogen and oxygen atoms in total. The van der Waals surface area contributed by atoms with Crippen LogP contribution in [-0.2, 0) is 31.5 Å². The number of carbonyl (C=O) groups excluding carboxylic acids is 1. The summed E-state index contributed by atoms with van der Waals surface area (Å²) in [7, 11) is -3.80. The third kappa shape index (κ3) is 8.03. The summed E-state index contributed by atoms with van der Waals surface area (Å²) in [5.41, 5.74) is 0.195. The van der Waals surface area contributed by atoms with E-state index < -0.39 is 25.6 Å². The van der Waals surface area contributed by atoms with Crippen LogP contribution in [-0.4, -0.2) is 69.2 Å². The highest BCUT2D eigenvalue weighted by Crippen LogP contribution is 2.28. The van der Waals surface area contributed by atoms with Gasteiger partial charge in [0, 0.05) is 44.3 Å². The first kappa shape index (κ1) is 27.1. The maximum absolute atomic E-state index is 12.8. The lowest BCUT2D eigenvalue weighted by Crippen LogP contribution is -2.15. The quantitative estimate of drug-likeness (QED) is 0.339. The summed E-state index contributed by atoms with van der Waals surface area (Å²) in [6.45, 7) is 0.0678. The zero-order valence-corrected chi connectivity index (χ0v) is 21.5. The fourth-order valence-corrected chi connectivity index (χ4v) is 4.60. The molecule has 0 atom stereocenters. The van der Waals surface area contributed by atoms with Crippen molar-refractivity contribution in [2.75, 3.05) is 37.0 Å². The molecule has 0 spiro atoms. The molecule has 0 saturated carbocycles. The Hall–Kier alpha value is -3.49. The van der Waals surface area contributed by atoms with E-state index in [9.17, 15) is 21.6 Å². The Morgan fingerprint density at radius 1 is 1.06 bits per heavy atom. The van der Waals surface area contributed by atoms with Crippen molar-refractivity contribution >= 4 is 31.4 Å². The summed E-state index contributed by atoms with van der Waals surface area (Å²) >= 11 is 0. The molecule has 0 unspecified atom stereocenters. The first-order valence-corrected chi connectivity index (χ1v) is 14.3. The average Bonchev–Trinajstić information content (AvgIpc) is 3.21. The van der Waals surface area contributed by atoms with Gasteiger partial charge in [-0.3, -0.25) is 9.48 Å². The Bertz CT molecular complexity index is 1420. The van der Waals surface area contributed by atoms with Crippen molar-refractivity contribution in [2.45, 2.75) is 11.4 Å². The molecule has 2 aromatic heterocycles. The van der Waals surface area contributed by atoms with E-state index in [1.54, 1.807) is 19.3 Å². The number of ether oxygens (including phenoxy) is 3. The summed E-state index contributed by atoms with van der Waals surface area (Å²) in [4.78, 5) is 16.7. The predicted octanol–water partition coefficient (Wildman–Crippen LogP) is 2.05. The summed E-state index contributed by atoms with van der Waals surface area (Å²) in [5.74, 6) is 0.102. The fourth-order valence-electron chi connectivity index (χ4n) is 3.01. The lowest BCUT2D eigenvalue weighted by atomic mass is 10.2. The number of methoxy groups -OCH3 is 1. The van der Waals surface area contributed by atoms with E-state index in [0.29, 0.717) is 5.82 Å². The highest BCUT2D eigenvalue weighted by Gasteiger charge is 2.15. The van der Waals surface area contributed by atoms with Crippen LogP contribution in [0.5, 0.6) is 17.2 Å². The molecular formula is C22H26N4O8S2. The van der Waals surface area contributed by atoms with Gasteiger partial charge in [-0.1, -0.05) is 0 Å². The Morgan fingerprint density at radius 3 is 2.42 bits per heavy atom. The first-order valence-electron chi connectivity index (χ1n) is 10.6. The van der Waals surface area contributed by atoms with E-state index >= 15 is 0 Å². The first-order chi connectivity index (χ1) is 16.9. The zero-order valence-electron chi connectivity index (χ0n) is 19.9. The number of rotatable bonds is 12. The number of hydrogen-bond donors (Lipinski definition) is 1. The van der Waals surface area contributed by atoms with Gasteiger partial charge in [-0.15, -0.1) is 0 Å². The van der Waals surface area contributed by atoms with Crippen LogP contribution in [0, 0.1) is 0 Å². The van der Waals surface area contributed by atoms with Gasteiger partial charge in [0.1, 0.15) is 23.2 Å². The number of carbonyl (C=O) groups is 1. The molecule has 1 amide bonds. The highest BCUT2D eigenvalue weighted by atomic mass is 32.2. The lowest BCUT2D eigenvalue weighted by molar-refractivity contribution is 0.102. The van der Waals surface area contributed by atoms with Crippen molar-refractivity contribution in [3.8, 4) is 17.2 Å². The molecule has 0 bridgehead atoms. The van der Waals surface area contributed by atoms with Gasteiger partial charge in [0.15, 0.2) is 30.5 Å². The fraction of sp³-hybridized carbons (Fsp3) is 0.318. The van der Waals surface area contributed by atoms with Crippen LogP contribution in [0.2, 0.25) is 0 Å². The number of nitrogens with zero attached hydrogens (tertiary/aromatic N) is 3. The number of aryl methyl sites for hydroxylation is 1. The van der Waals surface area contributed by atoms with Gasteiger partial charge < -0.3 is 19.5 Å². The molecule has 1 N–H and O–H groups in total. The highest BCUT2D eigenvalue weighted by molar-refractivity contribution is 7.91. The zero-order chi connectivity index (χ0) is 26.3. The van der Waals surface area contributed by atoms with Gasteiger partial charge >= 0.3 is 0 Å². The second-order valence-corrected chi connectivity index (χ2v) is 11.9. The average molecular weight is 539 g/mol. The maximum atomic E-state index is 12.8. The van der Waals surface area contributed by atoms with Crippen LogP contribution in [0.15, 0.2) is 53.8 Å². The second kappa shape index (κ2) is 11.5. The van der Waals surface area contributed by atoms with Crippen molar-refractivity contribution in [3.05, 3.63) is 54.4 Å². The molecule has 3 aromatic rings. The van der Waals surface area contributed by atoms with Crippen molar-refractivity contribution in [3.63, 3.8) is 0 Å². The summed E-state index contributed by atoms with van der Waals surface area (Å²) in [6, 6.07) is 8.85. The standard InChI is InChI=1S/C22H26N4O8S2/c1-26-8-7-20(25-26)24-22(27)16-11-18(33-9-4-10-36(30,31)15-32-2)13-19(12-16)34-17-5-6-21(23-14-17)35(3,28)29/h5-8,11-14H,4,9-10,15H2,1-3H3,(H,24,25,27). The molecule has 36 heavy (non-hydrogen) atoms. The Labute approximate surface area is 209 Å². The minimum Gasteiger partial charge on any atom is -0.493 e. The Morgan fingerprint density at radius 2 is 1.81 bits per heavy atom. The number of amides is 1. The van der Waals surface area contributed by atoms with Crippen LogP contribution < -0.4 is 14.8 Å². The van der Waals surface area contributed by atoms with E-state index in [-0.39, 0.29) is 52.6 Å². The van der Waals surface area contributed by atoms with Crippen molar-refractivity contribution in [1.82, 2.24) is 14.8 Å².